The molecular formula is C16H18FN. The standard InChI is InChI=1S/C16H18FN/c1-12(2)18(15-8-4-13(3)5-9-15)16-10-6-14(17)7-11-16/h4-12H,1-3H3. The summed E-state index contributed by atoms with van der Waals surface area (Å²) in [5, 5.41) is 0. The molecule has 0 saturated heterocycles. The van der Waals surface area contributed by atoms with Gasteiger partial charge in [-0.3, -0.25) is 0 Å². The maximum absolute atomic E-state index is 13.0. The van der Waals surface area contributed by atoms with E-state index in [0.29, 0.717) is 6.04 Å². The van der Waals surface area contributed by atoms with E-state index in [4.69, 9.17) is 0 Å². The number of anilines is 2. The van der Waals surface area contributed by atoms with Gasteiger partial charge in [-0.2, -0.15) is 0 Å². The van der Waals surface area contributed by atoms with Crippen LogP contribution in [0.3, 0.4) is 0 Å². The molecule has 2 rings (SSSR count). The van der Waals surface area contributed by atoms with Crippen molar-refractivity contribution < 1.29 is 4.39 Å². The van der Waals surface area contributed by atoms with E-state index in [1.807, 2.05) is 12.1 Å². The monoisotopic (exact) mass is 243 g/mol. The van der Waals surface area contributed by atoms with E-state index in [-0.39, 0.29) is 5.82 Å². The molecule has 0 aromatic heterocycles. The van der Waals surface area contributed by atoms with Crippen molar-refractivity contribution in [2.75, 3.05) is 4.90 Å². The summed E-state index contributed by atoms with van der Waals surface area (Å²) in [5.74, 6) is -0.202. The molecule has 2 aromatic rings. The van der Waals surface area contributed by atoms with E-state index in [1.165, 1.54) is 17.7 Å². The summed E-state index contributed by atoms with van der Waals surface area (Å²) < 4.78 is 13.0. The van der Waals surface area contributed by atoms with Crippen LogP contribution < -0.4 is 4.90 Å². The number of hydrogen-bond acceptors (Lipinski definition) is 1. The highest BCUT2D eigenvalue weighted by atomic mass is 19.1. The number of hydrogen-bond donors (Lipinski definition) is 0. The van der Waals surface area contributed by atoms with Crippen LogP contribution in [0.15, 0.2) is 48.5 Å². The van der Waals surface area contributed by atoms with Gasteiger partial charge < -0.3 is 4.90 Å². The van der Waals surface area contributed by atoms with Crippen molar-refractivity contribution in [3.05, 3.63) is 59.9 Å². The predicted molar refractivity (Wildman–Crippen MR) is 74.9 cm³/mol. The molecule has 0 bridgehead atoms. The summed E-state index contributed by atoms with van der Waals surface area (Å²) in [5.41, 5.74) is 3.37. The number of rotatable bonds is 3. The largest absolute Gasteiger partial charge is 0.339 e. The molecule has 0 radical (unpaired) electrons. The van der Waals surface area contributed by atoms with Gasteiger partial charge in [0.25, 0.3) is 0 Å². The topological polar surface area (TPSA) is 3.24 Å². The zero-order chi connectivity index (χ0) is 13.1. The first-order valence-corrected chi connectivity index (χ1v) is 6.19. The Balaban J connectivity index is 2.39. The van der Waals surface area contributed by atoms with E-state index >= 15 is 0 Å². The molecule has 2 aromatic carbocycles. The SMILES string of the molecule is Cc1ccc(N(c2ccc(F)cc2)C(C)C)cc1. The van der Waals surface area contributed by atoms with Crippen LogP contribution in [0, 0.1) is 12.7 Å². The molecule has 0 unspecified atom stereocenters. The molecule has 18 heavy (non-hydrogen) atoms. The van der Waals surface area contributed by atoms with Crippen LogP contribution in [0.2, 0.25) is 0 Å². The Labute approximate surface area is 108 Å². The smallest absolute Gasteiger partial charge is 0.123 e. The molecule has 1 nitrogen and oxygen atoms in total. The van der Waals surface area contributed by atoms with Crippen LogP contribution >= 0.6 is 0 Å². The Hall–Kier alpha value is -1.83. The second-order valence-electron chi connectivity index (χ2n) is 4.78. The first kappa shape index (κ1) is 12.6. The molecule has 0 saturated carbocycles. The second-order valence-corrected chi connectivity index (χ2v) is 4.78. The van der Waals surface area contributed by atoms with Gasteiger partial charge in [-0.05, 0) is 57.2 Å². The molecule has 0 spiro atoms. The first-order valence-electron chi connectivity index (χ1n) is 6.19. The van der Waals surface area contributed by atoms with Gasteiger partial charge in [0.2, 0.25) is 0 Å². The lowest BCUT2D eigenvalue weighted by molar-refractivity contribution is 0.627. The van der Waals surface area contributed by atoms with Crippen molar-refractivity contribution in [3.8, 4) is 0 Å². The Bertz CT molecular complexity index is 454. The number of aryl methyl sites for hydroxylation is 1. The third kappa shape index (κ3) is 2.70. The molecular weight excluding hydrogens is 225 g/mol. The summed E-state index contributed by atoms with van der Waals surface area (Å²) in [6.45, 7) is 6.33. The van der Waals surface area contributed by atoms with E-state index < -0.39 is 0 Å². The predicted octanol–water partition coefficient (Wildman–Crippen LogP) is 4.68. The summed E-state index contributed by atoms with van der Waals surface area (Å²) in [6, 6.07) is 15.3. The minimum atomic E-state index is -0.202. The van der Waals surface area contributed by atoms with Gasteiger partial charge in [-0.15, -0.1) is 0 Å². The van der Waals surface area contributed by atoms with Gasteiger partial charge in [0, 0.05) is 17.4 Å². The second kappa shape index (κ2) is 5.21. The van der Waals surface area contributed by atoms with Crippen molar-refractivity contribution in [2.24, 2.45) is 0 Å². The van der Waals surface area contributed by atoms with E-state index in [2.05, 4.69) is 49.9 Å². The van der Waals surface area contributed by atoms with Crippen LogP contribution in [0.1, 0.15) is 19.4 Å². The average molecular weight is 243 g/mol. The molecule has 0 N–H and O–H groups in total. The third-order valence-corrected chi connectivity index (χ3v) is 2.93. The average Bonchev–Trinajstić information content (AvgIpc) is 2.34. The Morgan fingerprint density at radius 3 is 1.72 bits per heavy atom. The third-order valence-electron chi connectivity index (χ3n) is 2.93. The molecule has 0 aliphatic heterocycles. The summed E-state index contributed by atoms with van der Waals surface area (Å²) in [4.78, 5) is 2.19. The van der Waals surface area contributed by atoms with E-state index in [9.17, 15) is 4.39 Å². The van der Waals surface area contributed by atoms with Gasteiger partial charge in [0.15, 0.2) is 0 Å². The van der Waals surface area contributed by atoms with Crippen LogP contribution in [0.25, 0.3) is 0 Å². The Kier molecular flexibility index (Phi) is 3.66. The Morgan fingerprint density at radius 2 is 1.28 bits per heavy atom. The zero-order valence-electron chi connectivity index (χ0n) is 11.0. The summed E-state index contributed by atoms with van der Waals surface area (Å²) in [7, 11) is 0. The number of nitrogens with zero attached hydrogens (tertiary/aromatic N) is 1. The molecule has 0 fully saturated rings. The summed E-state index contributed by atoms with van der Waals surface area (Å²) >= 11 is 0. The molecule has 2 heteroatoms. The molecule has 0 amide bonds. The fourth-order valence-corrected chi connectivity index (χ4v) is 2.05. The lowest BCUT2D eigenvalue weighted by atomic mass is 10.1. The van der Waals surface area contributed by atoms with Gasteiger partial charge in [0.1, 0.15) is 5.82 Å². The molecule has 0 atom stereocenters. The van der Waals surface area contributed by atoms with Crippen molar-refractivity contribution in [3.63, 3.8) is 0 Å². The minimum absolute atomic E-state index is 0.202. The summed E-state index contributed by atoms with van der Waals surface area (Å²) in [6.07, 6.45) is 0. The maximum Gasteiger partial charge on any atom is 0.123 e. The van der Waals surface area contributed by atoms with E-state index in [0.717, 1.165) is 11.4 Å². The lowest BCUT2D eigenvalue weighted by Gasteiger charge is -2.29. The van der Waals surface area contributed by atoms with Crippen LogP contribution in [-0.4, -0.2) is 6.04 Å². The van der Waals surface area contributed by atoms with Crippen molar-refractivity contribution in [1.82, 2.24) is 0 Å². The van der Waals surface area contributed by atoms with Gasteiger partial charge in [0.05, 0.1) is 0 Å². The van der Waals surface area contributed by atoms with E-state index in [1.54, 1.807) is 0 Å². The highest BCUT2D eigenvalue weighted by Crippen LogP contribution is 2.28. The lowest BCUT2D eigenvalue weighted by Crippen LogP contribution is -2.25. The quantitative estimate of drug-likeness (QED) is 0.756. The van der Waals surface area contributed by atoms with Crippen molar-refractivity contribution >= 4 is 11.4 Å². The maximum atomic E-state index is 13.0. The van der Waals surface area contributed by atoms with Gasteiger partial charge in [-0.1, -0.05) is 17.7 Å². The molecule has 0 aliphatic rings. The van der Waals surface area contributed by atoms with Gasteiger partial charge >= 0.3 is 0 Å². The highest BCUT2D eigenvalue weighted by molar-refractivity contribution is 5.64. The first-order chi connectivity index (χ1) is 8.58. The normalized spacial score (nSPS) is 10.7. The van der Waals surface area contributed by atoms with Crippen molar-refractivity contribution in [2.45, 2.75) is 26.8 Å². The zero-order valence-corrected chi connectivity index (χ0v) is 11.0. The highest BCUT2D eigenvalue weighted by Gasteiger charge is 2.12. The number of benzene rings is 2. The Morgan fingerprint density at radius 1 is 0.833 bits per heavy atom. The van der Waals surface area contributed by atoms with Crippen LogP contribution in [-0.2, 0) is 0 Å². The van der Waals surface area contributed by atoms with Crippen LogP contribution in [0.5, 0.6) is 0 Å². The molecule has 0 aliphatic carbocycles. The van der Waals surface area contributed by atoms with Crippen LogP contribution in [0.4, 0.5) is 15.8 Å². The van der Waals surface area contributed by atoms with Crippen molar-refractivity contribution in [1.29, 1.82) is 0 Å². The minimum Gasteiger partial charge on any atom is -0.339 e. The molecule has 0 heterocycles. The molecule has 94 valence electrons. The number of halogens is 1. The fourth-order valence-electron chi connectivity index (χ4n) is 2.05. The van der Waals surface area contributed by atoms with Gasteiger partial charge in [-0.25, -0.2) is 4.39 Å². The fraction of sp³-hybridized carbons (Fsp3) is 0.250.